The Kier molecular flexibility index (Phi) is 4.86. The first-order chi connectivity index (χ1) is 8.67. The molecular formula is C12H10BrClN2OS. The summed E-state index contributed by atoms with van der Waals surface area (Å²) in [5.41, 5.74) is 1.06. The van der Waals surface area contributed by atoms with Gasteiger partial charge in [-0.25, -0.2) is 4.98 Å². The standard InChI is InChI=1S/C12H10BrClN2OS/c1-18-12-15-10(14)6-11(16-12)17-7-8-3-2-4-9(13)5-8/h2-6H,7H2,1H3. The van der Waals surface area contributed by atoms with E-state index in [1.54, 1.807) is 6.07 Å². The summed E-state index contributed by atoms with van der Waals surface area (Å²) >= 11 is 10.7. The molecule has 0 saturated heterocycles. The highest BCUT2D eigenvalue weighted by atomic mass is 79.9. The summed E-state index contributed by atoms with van der Waals surface area (Å²) in [5, 5.41) is 0.991. The average molecular weight is 346 g/mol. The maximum Gasteiger partial charge on any atom is 0.219 e. The number of thioether (sulfide) groups is 1. The second-order valence-electron chi connectivity index (χ2n) is 3.43. The van der Waals surface area contributed by atoms with Crippen LogP contribution in [0.5, 0.6) is 5.88 Å². The number of ether oxygens (including phenoxy) is 1. The van der Waals surface area contributed by atoms with E-state index in [1.165, 1.54) is 11.8 Å². The summed E-state index contributed by atoms with van der Waals surface area (Å²) < 4.78 is 6.62. The minimum atomic E-state index is 0.388. The van der Waals surface area contributed by atoms with Crippen molar-refractivity contribution in [3.05, 3.63) is 45.5 Å². The minimum Gasteiger partial charge on any atom is -0.473 e. The Balaban J connectivity index is 2.08. The van der Waals surface area contributed by atoms with E-state index in [9.17, 15) is 0 Å². The van der Waals surface area contributed by atoms with Gasteiger partial charge in [-0.05, 0) is 24.0 Å². The number of halogens is 2. The number of aromatic nitrogens is 2. The molecule has 1 aromatic carbocycles. The van der Waals surface area contributed by atoms with Crippen molar-refractivity contribution in [1.82, 2.24) is 9.97 Å². The van der Waals surface area contributed by atoms with Crippen LogP contribution in [-0.4, -0.2) is 16.2 Å². The molecular weight excluding hydrogens is 336 g/mol. The molecule has 0 fully saturated rings. The molecule has 0 atom stereocenters. The zero-order chi connectivity index (χ0) is 13.0. The fraction of sp³-hybridized carbons (Fsp3) is 0.167. The molecule has 94 valence electrons. The predicted octanol–water partition coefficient (Wildman–Crippen LogP) is 4.19. The third-order valence-electron chi connectivity index (χ3n) is 2.11. The Morgan fingerprint density at radius 2 is 2.17 bits per heavy atom. The van der Waals surface area contributed by atoms with Crippen molar-refractivity contribution in [2.75, 3.05) is 6.26 Å². The molecule has 0 aliphatic rings. The first kappa shape index (κ1) is 13.6. The molecule has 0 spiro atoms. The Bertz CT molecular complexity index is 553. The van der Waals surface area contributed by atoms with Crippen LogP contribution >= 0.6 is 39.3 Å². The van der Waals surface area contributed by atoms with Crippen LogP contribution in [0.2, 0.25) is 5.15 Å². The van der Waals surface area contributed by atoms with Crippen molar-refractivity contribution in [3.8, 4) is 5.88 Å². The summed E-state index contributed by atoms with van der Waals surface area (Å²) in [5.74, 6) is 0.485. The topological polar surface area (TPSA) is 35.0 Å². The lowest BCUT2D eigenvalue weighted by molar-refractivity contribution is 0.290. The average Bonchev–Trinajstić information content (AvgIpc) is 2.36. The lowest BCUT2D eigenvalue weighted by Gasteiger charge is -2.07. The van der Waals surface area contributed by atoms with E-state index >= 15 is 0 Å². The molecule has 0 radical (unpaired) electrons. The van der Waals surface area contributed by atoms with Crippen LogP contribution in [0.3, 0.4) is 0 Å². The molecule has 18 heavy (non-hydrogen) atoms. The first-order valence-corrected chi connectivity index (χ1v) is 7.53. The van der Waals surface area contributed by atoms with Gasteiger partial charge in [-0.15, -0.1) is 0 Å². The fourth-order valence-corrected chi connectivity index (χ4v) is 2.37. The van der Waals surface area contributed by atoms with E-state index in [-0.39, 0.29) is 0 Å². The molecule has 1 heterocycles. The molecule has 1 aromatic heterocycles. The largest absolute Gasteiger partial charge is 0.473 e. The van der Waals surface area contributed by atoms with E-state index < -0.39 is 0 Å². The van der Waals surface area contributed by atoms with Gasteiger partial charge in [-0.2, -0.15) is 4.98 Å². The SMILES string of the molecule is CSc1nc(Cl)cc(OCc2cccc(Br)c2)n1. The van der Waals surface area contributed by atoms with Crippen LogP contribution < -0.4 is 4.74 Å². The van der Waals surface area contributed by atoms with Gasteiger partial charge in [0.2, 0.25) is 5.88 Å². The maximum atomic E-state index is 5.88. The van der Waals surface area contributed by atoms with Crippen LogP contribution in [-0.2, 0) is 6.61 Å². The molecule has 0 aliphatic carbocycles. The number of benzene rings is 1. The van der Waals surface area contributed by atoms with Crippen molar-refractivity contribution in [2.45, 2.75) is 11.8 Å². The van der Waals surface area contributed by atoms with Crippen LogP contribution in [0, 0.1) is 0 Å². The van der Waals surface area contributed by atoms with Crippen LogP contribution in [0.25, 0.3) is 0 Å². The van der Waals surface area contributed by atoms with Crippen LogP contribution in [0.1, 0.15) is 5.56 Å². The zero-order valence-corrected chi connectivity index (χ0v) is 12.7. The molecule has 3 nitrogen and oxygen atoms in total. The van der Waals surface area contributed by atoms with Crippen molar-refractivity contribution in [1.29, 1.82) is 0 Å². The highest BCUT2D eigenvalue weighted by molar-refractivity contribution is 9.10. The Hall–Kier alpha value is -0.780. The monoisotopic (exact) mass is 344 g/mol. The predicted molar refractivity (Wildman–Crippen MR) is 77.3 cm³/mol. The smallest absolute Gasteiger partial charge is 0.219 e. The van der Waals surface area contributed by atoms with Gasteiger partial charge in [-0.1, -0.05) is 51.4 Å². The number of hydrogen-bond donors (Lipinski definition) is 0. The number of nitrogens with zero attached hydrogens (tertiary/aromatic N) is 2. The van der Waals surface area contributed by atoms with Crippen molar-refractivity contribution < 1.29 is 4.74 Å². The van der Waals surface area contributed by atoms with Crippen LogP contribution in [0.15, 0.2) is 40.0 Å². The van der Waals surface area contributed by atoms with E-state index in [1.807, 2.05) is 30.5 Å². The summed E-state index contributed by atoms with van der Waals surface area (Å²) in [6, 6.07) is 9.53. The third-order valence-corrected chi connectivity index (χ3v) is 3.34. The third kappa shape index (κ3) is 3.86. The summed E-state index contributed by atoms with van der Waals surface area (Å²) in [7, 11) is 0. The summed E-state index contributed by atoms with van der Waals surface area (Å²) in [4.78, 5) is 8.27. The van der Waals surface area contributed by atoms with Crippen LogP contribution in [0.4, 0.5) is 0 Å². The molecule has 2 rings (SSSR count). The molecule has 0 bridgehead atoms. The summed E-state index contributed by atoms with van der Waals surface area (Å²) in [6.07, 6.45) is 1.89. The Labute approximate surface area is 123 Å². The Morgan fingerprint density at radius 3 is 2.89 bits per heavy atom. The fourth-order valence-electron chi connectivity index (χ4n) is 1.33. The van der Waals surface area contributed by atoms with Gasteiger partial charge < -0.3 is 4.74 Å². The van der Waals surface area contributed by atoms with Gasteiger partial charge in [0.25, 0.3) is 0 Å². The molecule has 0 saturated carbocycles. The molecule has 0 aliphatic heterocycles. The number of rotatable bonds is 4. The molecule has 2 aromatic rings. The number of hydrogen-bond acceptors (Lipinski definition) is 4. The zero-order valence-electron chi connectivity index (χ0n) is 9.56. The van der Waals surface area contributed by atoms with Gasteiger partial charge in [0.15, 0.2) is 5.16 Å². The molecule has 0 N–H and O–H groups in total. The van der Waals surface area contributed by atoms with Crippen molar-refractivity contribution in [3.63, 3.8) is 0 Å². The van der Waals surface area contributed by atoms with Gasteiger partial charge >= 0.3 is 0 Å². The lowest BCUT2D eigenvalue weighted by Crippen LogP contribution is -1.99. The van der Waals surface area contributed by atoms with Gasteiger partial charge in [-0.3, -0.25) is 0 Å². The molecule has 0 amide bonds. The van der Waals surface area contributed by atoms with E-state index in [0.29, 0.717) is 22.8 Å². The molecule has 0 unspecified atom stereocenters. The van der Waals surface area contributed by atoms with Gasteiger partial charge in [0, 0.05) is 10.5 Å². The minimum absolute atomic E-state index is 0.388. The van der Waals surface area contributed by atoms with Crippen molar-refractivity contribution in [2.24, 2.45) is 0 Å². The van der Waals surface area contributed by atoms with E-state index in [4.69, 9.17) is 16.3 Å². The Morgan fingerprint density at radius 1 is 1.33 bits per heavy atom. The summed E-state index contributed by atoms with van der Waals surface area (Å²) in [6.45, 7) is 0.445. The van der Waals surface area contributed by atoms with Crippen molar-refractivity contribution >= 4 is 39.3 Å². The molecule has 6 heteroatoms. The second-order valence-corrected chi connectivity index (χ2v) is 5.51. The first-order valence-electron chi connectivity index (χ1n) is 5.13. The van der Waals surface area contributed by atoms with Gasteiger partial charge in [0.05, 0.1) is 0 Å². The normalized spacial score (nSPS) is 10.4. The second kappa shape index (κ2) is 6.41. The highest BCUT2D eigenvalue weighted by Crippen LogP contribution is 2.20. The highest BCUT2D eigenvalue weighted by Gasteiger charge is 2.04. The van der Waals surface area contributed by atoms with E-state index in [0.717, 1.165) is 10.0 Å². The van der Waals surface area contributed by atoms with Gasteiger partial charge in [0.1, 0.15) is 11.8 Å². The lowest BCUT2D eigenvalue weighted by atomic mass is 10.2. The van der Waals surface area contributed by atoms with E-state index in [2.05, 4.69) is 25.9 Å². The quantitative estimate of drug-likeness (QED) is 0.473. The maximum absolute atomic E-state index is 5.88.